The highest BCUT2D eigenvalue weighted by molar-refractivity contribution is 5.94. The lowest BCUT2D eigenvalue weighted by molar-refractivity contribution is 0.0942. The summed E-state index contributed by atoms with van der Waals surface area (Å²) in [6.07, 6.45) is 8.65. The van der Waals surface area contributed by atoms with E-state index in [-0.39, 0.29) is 5.91 Å². The quantitative estimate of drug-likeness (QED) is 0.904. The Bertz CT molecular complexity index is 526. The van der Waals surface area contributed by atoms with Crippen LogP contribution in [-0.4, -0.2) is 36.5 Å². The largest absolute Gasteiger partial charge is 0.349 e. The first-order valence-electron chi connectivity index (χ1n) is 9.39. The van der Waals surface area contributed by atoms with Crippen molar-refractivity contribution in [2.45, 2.75) is 44.6 Å². The van der Waals surface area contributed by atoms with Crippen molar-refractivity contribution in [3.63, 3.8) is 0 Å². The lowest BCUT2D eigenvalue weighted by Gasteiger charge is -2.25. The van der Waals surface area contributed by atoms with Crippen molar-refractivity contribution in [1.29, 1.82) is 0 Å². The number of rotatable bonds is 5. The molecule has 3 heteroatoms. The number of hydrogen-bond donors (Lipinski definition) is 1. The molecule has 3 aliphatic rings. The molecular weight excluding hydrogens is 284 g/mol. The van der Waals surface area contributed by atoms with E-state index in [0.717, 1.165) is 11.5 Å². The second-order valence-corrected chi connectivity index (χ2v) is 7.75. The summed E-state index contributed by atoms with van der Waals surface area (Å²) in [5.74, 6) is 2.48. The van der Waals surface area contributed by atoms with Crippen LogP contribution in [0, 0.1) is 17.8 Å². The van der Waals surface area contributed by atoms with Gasteiger partial charge in [-0.05, 0) is 42.9 Å². The highest BCUT2D eigenvalue weighted by atomic mass is 16.1. The Kier molecular flexibility index (Phi) is 4.39. The smallest absolute Gasteiger partial charge is 0.251 e. The van der Waals surface area contributed by atoms with E-state index in [1.54, 1.807) is 0 Å². The zero-order valence-corrected chi connectivity index (χ0v) is 13.9. The molecule has 3 nitrogen and oxygen atoms in total. The van der Waals surface area contributed by atoms with Gasteiger partial charge < -0.3 is 10.2 Å². The lowest BCUT2D eigenvalue weighted by atomic mass is 9.87. The zero-order chi connectivity index (χ0) is 15.6. The Morgan fingerprint density at radius 3 is 2.43 bits per heavy atom. The first kappa shape index (κ1) is 15.2. The van der Waals surface area contributed by atoms with E-state index in [0.29, 0.717) is 17.9 Å². The van der Waals surface area contributed by atoms with E-state index in [9.17, 15) is 4.79 Å². The van der Waals surface area contributed by atoms with Crippen LogP contribution < -0.4 is 5.32 Å². The summed E-state index contributed by atoms with van der Waals surface area (Å²) in [5, 5.41) is 3.23. The first-order valence-corrected chi connectivity index (χ1v) is 9.39. The molecule has 1 saturated heterocycles. The Labute approximate surface area is 139 Å². The van der Waals surface area contributed by atoms with Crippen LogP contribution in [0.2, 0.25) is 0 Å². The van der Waals surface area contributed by atoms with Crippen LogP contribution in [0.1, 0.15) is 48.9 Å². The molecule has 124 valence electrons. The van der Waals surface area contributed by atoms with Crippen LogP contribution in [0.3, 0.4) is 0 Å². The summed E-state index contributed by atoms with van der Waals surface area (Å²) in [4.78, 5) is 14.8. The van der Waals surface area contributed by atoms with Gasteiger partial charge in [0, 0.05) is 24.7 Å². The first-order chi connectivity index (χ1) is 11.3. The van der Waals surface area contributed by atoms with E-state index in [4.69, 9.17) is 0 Å². The Balaban J connectivity index is 1.19. The third-order valence-corrected chi connectivity index (χ3v) is 6.18. The van der Waals surface area contributed by atoms with Gasteiger partial charge in [0.15, 0.2) is 0 Å². The minimum absolute atomic E-state index is 0.0961. The van der Waals surface area contributed by atoms with Gasteiger partial charge in [-0.3, -0.25) is 4.79 Å². The molecular formula is C20H28N2O. The van der Waals surface area contributed by atoms with Gasteiger partial charge >= 0.3 is 0 Å². The second kappa shape index (κ2) is 6.64. The molecule has 3 atom stereocenters. The molecule has 1 amide bonds. The molecule has 1 unspecified atom stereocenters. The maximum atomic E-state index is 12.2. The van der Waals surface area contributed by atoms with Gasteiger partial charge in [-0.1, -0.05) is 50.3 Å². The molecule has 0 spiro atoms. The average Bonchev–Trinajstić information content (AvgIpc) is 3.05. The number of fused-ring (bicyclic) bond motifs is 1. The minimum Gasteiger partial charge on any atom is -0.349 e. The number of nitrogens with one attached hydrogen (secondary N) is 1. The van der Waals surface area contributed by atoms with E-state index in [2.05, 4.69) is 10.2 Å². The van der Waals surface area contributed by atoms with Crippen molar-refractivity contribution in [3.8, 4) is 0 Å². The normalized spacial score (nSPS) is 30.9. The zero-order valence-electron chi connectivity index (χ0n) is 13.9. The molecule has 23 heavy (non-hydrogen) atoms. The molecule has 0 bridgehead atoms. The van der Waals surface area contributed by atoms with Gasteiger partial charge in [0.2, 0.25) is 0 Å². The van der Waals surface area contributed by atoms with Crippen LogP contribution in [0.5, 0.6) is 0 Å². The highest BCUT2D eigenvalue weighted by Gasteiger charge is 2.56. The van der Waals surface area contributed by atoms with Gasteiger partial charge in [0.25, 0.3) is 5.91 Å². The van der Waals surface area contributed by atoms with Crippen molar-refractivity contribution in [3.05, 3.63) is 35.9 Å². The van der Waals surface area contributed by atoms with Gasteiger partial charge in [-0.15, -0.1) is 0 Å². The number of hydrogen-bond acceptors (Lipinski definition) is 2. The lowest BCUT2D eigenvalue weighted by Crippen LogP contribution is -2.35. The summed E-state index contributed by atoms with van der Waals surface area (Å²) < 4.78 is 0. The second-order valence-electron chi connectivity index (χ2n) is 7.75. The molecule has 1 aliphatic heterocycles. The summed E-state index contributed by atoms with van der Waals surface area (Å²) >= 11 is 0. The minimum atomic E-state index is 0.0961. The van der Waals surface area contributed by atoms with Crippen LogP contribution >= 0.6 is 0 Å². The van der Waals surface area contributed by atoms with E-state index < -0.39 is 0 Å². The summed E-state index contributed by atoms with van der Waals surface area (Å²) in [7, 11) is 0. The predicted molar refractivity (Wildman–Crippen MR) is 92.3 cm³/mol. The Hall–Kier alpha value is -1.35. The molecule has 0 aromatic heterocycles. The molecule has 4 rings (SSSR count). The fourth-order valence-electron chi connectivity index (χ4n) is 4.68. The highest BCUT2D eigenvalue weighted by Crippen LogP contribution is 2.45. The third-order valence-electron chi connectivity index (χ3n) is 6.18. The SMILES string of the molecule is O=C(NC1[C@H]2CN(CCC3CCCCC3)C[C@@H]12)c1ccccc1. The van der Waals surface area contributed by atoms with E-state index in [1.807, 2.05) is 30.3 Å². The van der Waals surface area contributed by atoms with Crippen molar-refractivity contribution in [2.75, 3.05) is 19.6 Å². The van der Waals surface area contributed by atoms with Crippen LogP contribution in [0.25, 0.3) is 0 Å². The maximum Gasteiger partial charge on any atom is 0.251 e. The molecule has 1 heterocycles. The number of nitrogens with zero attached hydrogens (tertiary/aromatic N) is 1. The van der Waals surface area contributed by atoms with Crippen LogP contribution in [0.15, 0.2) is 30.3 Å². The molecule has 0 radical (unpaired) electrons. The molecule has 1 aromatic carbocycles. The number of carbonyl (C=O) groups excluding carboxylic acids is 1. The topological polar surface area (TPSA) is 32.3 Å². The van der Waals surface area contributed by atoms with Gasteiger partial charge in [0.05, 0.1) is 0 Å². The van der Waals surface area contributed by atoms with Crippen LogP contribution in [0.4, 0.5) is 0 Å². The molecule has 3 fully saturated rings. The van der Waals surface area contributed by atoms with Crippen molar-refractivity contribution < 1.29 is 4.79 Å². The molecule has 1 N–H and O–H groups in total. The van der Waals surface area contributed by atoms with Crippen molar-refractivity contribution >= 4 is 5.91 Å². The number of carbonyl (C=O) groups is 1. The third kappa shape index (κ3) is 3.45. The van der Waals surface area contributed by atoms with Gasteiger partial charge in [0.1, 0.15) is 0 Å². The summed E-state index contributed by atoms with van der Waals surface area (Å²) in [6, 6.07) is 10.0. The standard InChI is InChI=1S/C20H28N2O/c23-20(16-9-5-2-6-10-16)21-19-17-13-22(14-18(17)19)12-11-15-7-3-1-4-8-15/h2,5-6,9-10,15,17-19H,1,3-4,7-8,11-14H2,(H,21,23)/t17-,18+,19?. The maximum absolute atomic E-state index is 12.2. The molecule has 2 aliphatic carbocycles. The fraction of sp³-hybridized carbons (Fsp3) is 0.650. The molecule has 2 saturated carbocycles. The van der Waals surface area contributed by atoms with Gasteiger partial charge in [-0.2, -0.15) is 0 Å². The van der Waals surface area contributed by atoms with Crippen molar-refractivity contribution in [2.24, 2.45) is 17.8 Å². The van der Waals surface area contributed by atoms with E-state index >= 15 is 0 Å². The Morgan fingerprint density at radius 2 is 1.74 bits per heavy atom. The monoisotopic (exact) mass is 312 g/mol. The number of piperidine rings is 1. The van der Waals surface area contributed by atoms with E-state index in [1.165, 1.54) is 58.2 Å². The van der Waals surface area contributed by atoms with Gasteiger partial charge in [-0.25, -0.2) is 0 Å². The van der Waals surface area contributed by atoms with Crippen LogP contribution in [-0.2, 0) is 0 Å². The molecule has 1 aromatic rings. The Morgan fingerprint density at radius 1 is 1.04 bits per heavy atom. The summed E-state index contributed by atoms with van der Waals surface area (Å²) in [6.45, 7) is 3.66. The average molecular weight is 312 g/mol. The summed E-state index contributed by atoms with van der Waals surface area (Å²) in [5.41, 5.74) is 0.784. The fourth-order valence-corrected chi connectivity index (χ4v) is 4.68. The number of likely N-dealkylation sites (tertiary alicyclic amines) is 1. The van der Waals surface area contributed by atoms with Crippen molar-refractivity contribution in [1.82, 2.24) is 10.2 Å². The number of benzene rings is 1. The predicted octanol–water partition coefficient (Wildman–Crippen LogP) is 3.32. The number of amides is 1.